The van der Waals surface area contributed by atoms with Crippen LogP contribution in [0.25, 0.3) is 17.1 Å². The van der Waals surface area contributed by atoms with Crippen molar-refractivity contribution in [1.82, 2.24) is 9.38 Å². The largest absolute Gasteiger partial charge is 0.478 e. The number of furan rings is 1. The molecule has 0 aliphatic carbocycles. The fourth-order valence-electron chi connectivity index (χ4n) is 1.78. The minimum Gasteiger partial charge on any atom is -0.478 e. The van der Waals surface area contributed by atoms with Gasteiger partial charge in [-0.25, -0.2) is 9.78 Å². The van der Waals surface area contributed by atoms with Crippen LogP contribution in [0.5, 0.6) is 0 Å². The number of aromatic nitrogens is 2. The molecule has 0 aromatic carbocycles. The van der Waals surface area contributed by atoms with E-state index in [0.717, 1.165) is 0 Å². The van der Waals surface area contributed by atoms with E-state index in [1.54, 1.807) is 18.2 Å². The molecule has 0 unspecified atom stereocenters. The number of imidazole rings is 1. The van der Waals surface area contributed by atoms with Gasteiger partial charge in [-0.15, -0.1) is 0 Å². The Labute approximate surface area is 101 Å². The maximum atomic E-state index is 10.9. The molecular formula is C12H9N3O3. The molecule has 0 radical (unpaired) electrons. The smallest absolute Gasteiger partial charge is 0.337 e. The molecule has 3 heterocycles. The number of carbonyl (C=O) groups is 1. The van der Waals surface area contributed by atoms with Crippen molar-refractivity contribution in [2.24, 2.45) is 0 Å². The normalized spacial score (nSPS) is 10.9. The summed E-state index contributed by atoms with van der Waals surface area (Å²) in [5.41, 5.74) is 7.17. The zero-order valence-electron chi connectivity index (χ0n) is 9.20. The molecule has 0 bridgehead atoms. The van der Waals surface area contributed by atoms with Crippen LogP contribution in [0.2, 0.25) is 0 Å². The van der Waals surface area contributed by atoms with Crippen molar-refractivity contribution in [3.63, 3.8) is 0 Å². The van der Waals surface area contributed by atoms with Crippen molar-refractivity contribution in [2.45, 2.75) is 0 Å². The van der Waals surface area contributed by atoms with Crippen molar-refractivity contribution < 1.29 is 14.3 Å². The molecule has 18 heavy (non-hydrogen) atoms. The molecule has 0 aliphatic heterocycles. The average Bonchev–Trinajstić information content (AvgIpc) is 2.97. The molecule has 6 nitrogen and oxygen atoms in total. The van der Waals surface area contributed by atoms with Gasteiger partial charge in [-0.05, 0) is 24.3 Å². The molecular weight excluding hydrogens is 234 g/mol. The standard InChI is InChI=1S/C12H9N3O3/c13-11-10(8-2-1-5-18-8)14-9-4-3-7(12(16)17)6-15(9)11/h1-6H,13H2,(H,16,17). The first-order chi connectivity index (χ1) is 8.66. The summed E-state index contributed by atoms with van der Waals surface area (Å²) in [6.45, 7) is 0. The van der Waals surface area contributed by atoms with Crippen LogP contribution in [0.1, 0.15) is 10.4 Å². The molecule has 6 heteroatoms. The molecule has 0 atom stereocenters. The van der Waals surface area contributed by atoms with E-state index in [1.165, 1.54) is 22.9 Å². The van der Waals surface area contributed by atoms with Crippen molar-refractivity contribution >= 4 is 17.4 Å². The fraction of sp³-hybridized carbons (Fsp3) is 0. The van der Waals surface area contributed by atoms with Gasteiger partial charge in [-0.2, -0.15) is 0 Å². The van der Waals surface area contributed by atoms with E-state index >= 15 is 0 Å². The van der Waals surface area contributed by atoms with E-state index < -0.39 is 5.97 Å². The number of nitrogens with two attached hydrogens (primary N) is 1. The minimum atomic E-state index is -1.01. The third-order valence-corrected chi connectivity index (χ3v) is 2.66. The summed E-state index contributed by atoms with van der Waals surface area (Å²) in [5, 5.41) is 8.93. The van der Waals surface area contributed by atoms with Crippen LogP contribution in [-0.2, 0) is 0 Å². The van der Waals surface area contributed by atoms with Crippen LogP contribution >= 0.6 is 0 Å². The first-order valence-corrected chi connectivity index (χ1v) is 5.21. The second kappa shape index (κ2) is 3.63. The fourth-order valence-corrected chi connectivity index (χ4v) is 1.78. The molecule has 3 rings (SSSR count). The summed E-state index contributed by atoms with van der Waals surface area (Å²) in [7, 11) is 0. The lowest BCUT2D eigenvalue weighted by atomic mass is 10.3. The number of carboxylic acid groups (broad SMARTS) is 1. The van der Waals surface area contributed by atoms with Gasteiger partial charge in [0.25, 0.3) is 0 Å². The van der Waals surface area contributed by atoms with Gasteiger partial charge in [0.2, 0.25) is 0 Å². The first kappa shape index (κ1) is 10.4. The summed E-state index contributed by atoms with van der Waals surface area (Å²) in [5.74, 6) is -0.110. The number of nitrogens with zero attached hydrogens (tertiary/aromatic N) is 2. The van der Waals surface area contributed by atoms with Crippen molar-refractivity contribution in [1.29, 1.82) is 0 Å². The Kier molecular flexibility index (Phi) is 2.09. The molecule has 90 valence electrons. The average molecular weight is 243 g/mol. The highest BCUT2D eigenvalue weighted by Gasteiger charge is 2.14. The SMILES string of the molecule is Nc1c(-c2ccco2)nc2ccc(C(=O)O)cn12. The number of carboxylic acids is 1. The molecule has 3 N–H and O–H groups in total. The molecule has 0 amide bonds. The topological polar surface area (TPSA) is 93.8 Å². The van der Waals surface area contributed by atoms with Gasteiger partial charge in [0.1, 0.15) is 17.2 Å². The maximum Gasteiger partial charge on any atom is 0.337 e. The van der Waals surface area contributed by atoms with Crippen molar-refractivity contribution in [2.75, 3.05) is 5.73 Å². The number of aromatic carboxylic acids is 1. The summed E-state index contributed by atoms with van der Waals surface area (Å²) in [4.78, 5) is 15.2. The number of anilines is 1. The van der Waals surface area contributed by atoms with Gasteiger partial charge in [0.15, 0.2) is 5.76 Å². The molecule has 0 saturated heterocycles. The lowest BCUT2D eigenvalue weighted by molar-refractivity contribution is 0.0696. The summed E-state index contributed by atoms with van der Waals surface area (Å²) < 4.78 is 6.76. The Hall–Kier alpha value is -2.76. The van der Waals surface area contributed by atoms with Crippen LogP contribution < -0.4 is 5.73 Å². The van der Waals surface area contributed by atoms with Crippen molar-refractivity contribution in [3.05, 3.63) is 42.3 Å². The van der Waals surface area contributed by atoms with Gasteiger partial charge < -0.3 is 15.3 Å². The van der Waals surface area contributed by atoms with E-state index in [2.05, 4.69) is 4.98 Å². The predicted octanol–water partition coefficient (Wildman–Crippen LogP) is 1.87. The zero-order chi connectivity index (χ0) is 12.7. The highest BCUT2D eigenvalue weighted by atomic mass is 16.4. The lowest BCUT2D eigenvalue weighted by Crippen LogP contribution is -2.00. The quantitative estimate of drug-likeness (QED) is 0.716. The van der Waals surface area contributed by atoms with Gasteiger partial charge >= 0.3 is 5.97 Å². The highest BCUT2D eigenvalue weighted by molar-refractivity contribution is 5.88. The Morgan fingerprint density at radius 1 is 1.39 bits per heavy atom. The summed E-state index contributed by atoms with van der Waals surface area (Å²) >= 11 is 0. The zero-order valence-corrected chi connectivity index (χ0v) is 9.20. The number of fused-ring (bicyclic) bond motifs is 1. The third kappa shape index (κ3) is 1.43. The number of nitrogen functional groups attached to an aromatic ring is 1. The van der Waals surface area contributed by atoms with E-state index in [1.807, 2.05) is 0 Å². The lowest BCUT2D eigenvalue weighted by Gasteiger charge is -1.98. The van der Waals surface area contributed by atoms with Gasteiger partial charge in [0.05, 0.1) is 11.8 Å². The van der Waals surface area contributed by atoms with E-state index in [-0.39, 0.29) is 5.56 Å². The van der Waals surface area contributed by atoms with Gasteiger partial charge in [-0.1, -0.05) is 0 Å². The van der Waals surface area contributed by atoms with E-state index in [0.29, 0.717) is 22.9 Å². The summed E-state index contributed by atoms with van der Waals surface area (Å²) in [6, 6.07) is 6.57. The predicted molar refractivity (Wildman–Crippen MR) is 64.3 cm³/mol. The van der Waals surface area contributed by atoms with E-state index in [9.17, 15) is 4.79 Å². The van der Waals surface area contributed by atoms with Crippen LogP contribution in [-0.4, -0.2) is 20.5 Å². The maximum absolute atomic E-state index is 10.9. The first-order valence-electron chi connectivity index (χ1n) is 5.21. The second-order valence-electron chi connectivity index (χ2n) is 3.77. The highest BCUT2D eigenvalue weighted by Crippen LogP contribution is 2.26. The van der Waals surface area contributed by atoms with Crippen LogP contribution in [0, 0.1) is 0 Å². The minimum absolute atomic E-state index is 0.151. The number of pyridine rings is 1. The Morgan fingerprint density at radius 3 is 2.89 bits per heavy atom. The molecule has 0 aliphatic rings. The van der Waals surface area contributed by atoms with Crippen LogP contribution in [0.3, 0.4) is 0 Å². The molecule has 3 aromatic rings. The van der Waals surface area contributed by atoms with Crippen LogP contribution in [0.4, 0.5) is 5.82 Å². The molecule has 0 spiro atoms. The van der Waals surface area contributed by atoms with Crippen molar-refractivity contribution in [3.8, 4) is 11.5 Å². The van der Waals surface area contributed by atoms with Gasteiger partial charge in [-0.3, -0.25) is 4.40 Å². The Balaban J connectivity index is 2.25. The summed E-state index contributed by atoms with van der Waals surface area (Å²) in [6.07, 6.45) is 2.97. The number of hydrogen-bond donors (Lipinski definition) is 2. The van der Waals surface area contributed by atoms with E-state index in [4.69, 9.17) is 15.3 Å². The molecule has 3 aromatic heterocycles. The monoisotopic (exact) mass is 243 g/mol. The molecule has 0 fully saturated rings. The third-order valence-electron chi connectivity index (χ3n) is 2.66. The van der Waals surface area contributed by atoms with Gasteiger partial charge in [0, 0.05) is 6.20 Å². The second-order valence-corrected chi connectivity index (χ2v) is 3.77. The number of hydrogen-bond acceptors (Lipinski definition) is 4. The Morgan fingerprint density at radius 2 is 2.22 bits per heavy atom. The van der Waals surface area contributed by atoms with Crippen LogP contribution in [0.15, 0.2) is 41.1 Å². The Bertz CT molecular complexity index is 728. The molecule has 0 saturated carbocycles. The number of rotatable bonds is 2.